The summed E-state index contributed by atoms with van der Waals surface area (Å²) in [5.74, 6) is 0. The van der Waals surface area contributed by atoms with Crippen molar-refractivity contribution in [1.29, 1.82) is 0 Å². The largest absolute Gasteiger partial charge is 0.310 e. The third kappa shape index (κ3) is 5.11. The molecule has 266 valence electrons. The molecule has 0 amide bonds. The lowest BCUT2D eigenvalue weighted by molar-refractivity contribution is 0.768. The van der Waals surface area contributed by atoms with Crippen LogP contribution in [-0.2, 0) is 5.41 Å². The zero-order valence-corrected chi connectivity index (χ0v) is 31.3. The Kier molecular flexibility index (Phi) is 8.12. The lowest BCUT2D eigenvalue weighted by Gasteiger charge is -2.35. The highest BCUT2D eigenvalue weighted by Crippen LogP contribution is 2.57. The number of benzene rings is 8. The zero-order valence-electron chi connectivity index (χ0n) is 31.3. The summed E-state index contributed by atoms with van der Waals surface area (Å²) in [6.07, 6.45) is 8.15. The van der Waals surface area contributed by atoms with Crippen molar-refractivity contribution >= 4 is 55.3 Å². The number of rotatable bonds is 8. The smallest absolute Gasteiger partial charge is 0.0714 e. The molecule has 0 atom stereocenters. The Morgan fingerprint density at radius 3 is 1.88 bits per heavy atom. The van der Waals surface area contributed by atoms with Crippen molar-refractivity contribution in [3.8, 4) is 11.1 Å². The van der Waals surface area contributed by atoms with Gasteiger partial charge in [0.05, 0.1) is 16.4 Å². The third-order valence-electron chi connectivity index (χ3n) is 11.6. The Labute approximate surface area is 328 Å². The minimum absolute atomic E-state index is 0.506. The fourth-order valence-corrected chi connectivity index (χ4v) is 9.18. The van der Waals surface area contributed by atoms with E-state index in [4.69, 9.17) is 0 Å². The van der Waals surface area contributed by atoms with Gasteiger partial charge in [-0.05, 0) is 99.6 Å². The van der Waals surface area contributed by atoms with Crippen molar-refractivity contribution in [2.45, 2.75) is 12.3 Å². The van der Waals surface area contributed by atoms with Crippen LogP contribution < -0.4 is 4.90 Å². The molecule has 0 radical (unpaired) electrons. The Balaban J connectivity index is 1.27. The number of aromatic nitrogens is 1. The highest BCUT2D eigenvalue weighted by Gasteiger charge is 2.46. The first-order valence-electron chi connectivity index (χ1n) is 19.3. The predicted molar refractivity (Wildman–Crippen MR) is 238 cm³/mol. The zero-order chi connectivity index (χ0) is 37.6. The topological polar surface area (TPSA) is 8.17 Å². The molecule has 2 heteroatoms. The van der Waals surface area contributed by atoms with E-state index in [1.165, 1.54) is 60.4 Å². The monoisotopic (exact) mass is 716 g/mol. The molecule has 10 rings (SSSR count). The lowest BCUT2D eigenvalue weighted by Crippen LogP contribution is -2.28. The maximum absolute atomic E-state index is 3.96. The van der Waals surface area contributed by atoms with Crippen molar-refractivity contribution in [3.05, 3.63) is 241 Å². The minimum Gasteiger partial charge on any atom is -0.310 e. The fraction of sp³-hybridized carbons (Fsp3) is 0.0370. The average molecular weight is 717 g/mol. The molecule has 8 aromatic carbocycles. The average Bonchev–Trinajstić information content (AvgIpc) is 3.75. The number of anilines is 3. The second-order valence-electron chi connectivity index (χ2n) is 14.5. The van der Waals surface area contributed by atoms with Crippen LogP contribution in [0.4, 0.5) is 17.1 Å². The van der Waals surface area contributed by atoms with Crippen LogP contribution in [0.1, 0.15) is 29.2 Å². The quantitative estimate of drug-likeness (QED) is 0.142. The molecule has 2 nitrogen and oxygen atoms in total. The van der Waals surface area contributed by atoms with Gasteiger partial charge < -0.3 is 9.47 Å². The summed E-state index contributed by atoms with van der Waals surface area (Å²) >= 11 is 0. The summed E-state index contributed by atoms with van der Waals surface area (Å²) in [4.78, 5) is 2.44. The van der Waals surface area contributed by atoms with E-state index in [0.29, 0.717) is 0 Å². The van der Waals surface area contributed by atoms with E-state index in [-0.39, 0.29) is 0 Å². The Bertz CT molecular complexity index is 2960. The van der Waals surface area contributed by atoms with E-state index in [9.17, 15) is 0 Å². The number of fused-ring (bicyclic) bond motifs is 7. The number of para-hydroxylation sites is 1. The van der Waals surface area contributed by atoms with Crippen LogP contribution in [0.25, 0.3) is 49.4 Å². The molecular formula is C54H40N2. The van der Waals surface area contributed by atoms with Gasteiger partial charge in [0, 0.05) is 33.5 Å². The van der Waals surface area contributed by atoms with Crippen LogP contribution in [-0.4, -0.2) is 4.57 Å². The van der Waals surface area contributed by atoms with Gasteiger partial charge in [-0.3, -0.25) is 0 Å². The molecule has 9 aromatic rings. The Morgan fingerprint density at radius 1 is 0.518 bits per heavy atom. The number of nitrogens with zero attached hydrogens (tertiary/aromatic N) is 2. The normalized spacial score (nSPS) is 13.3. The third-order valence-corrected chi connectivity index (χ3v) is 11.6. The van der Waals surface area contributed by atoms with Gasteiger partial charge in [0.1, 0.15) is 0 Å². The molecule has 0 bridgehead atoms. The number of allylic oxidation sites excluding steroid dienone is 5. The van der Waals surface area contributed by atoms with Crippen molar-refractivity contribution in [3.63, 3.8) is 0 Å². The Morgan fingerprint density at radius 2 is 1.11 bits per heavy atom. The molecule has 0 saturated carbocycles. The lowest BCUT2D eigenvalue weighted by atomic mass is 9.67. The van der Waals surface area contributed by atoms with Crippen LogP contribution in [0.2, 0.25) is 0 Å². The van der Waals surface area contributed by atoms with Crippen LogP contribution in [0.3, 0.4) is 0 Å². The van der Waals surface area contributed by atoms with Crippen LogP contribution in [0.5, 0.6) is 0 Å². The molecule has 0 unspecified atom stereocenters. The summed E-state index contributed by atoms with van der Waals surface area (Å²) in [5.41, 5.74) is 13.8. The molecule has 56 heavy (non-hydrogen) atoms. The number of hydrogen-bond donors (Lipinski definition) is 0. The first kappa shape index (κ1) is 33.4. The molecular weight excluding hydrogens is 677 g/mol. The van der Waals surface area contributed by atoms with Gasteiger partial charge in [0.25, 0.3) is 0 Å². The summed E-state index contributed by atoms with van der Waals surface area (Å²) in [6, 6.07) is 69.2. The second kappa shape index (κ2) is 13.6. The number of hydrogen-bond acceptors (Lipinski definition) is 1. The van der Waals surface area contributed by atoms with Crippen molar-refractivity contribution in [2.75, 3.05) is 4.90 Å². The van der Waals surface area contributed by atoms with Gasteiger partial charge >= 0.3 is 0 Å². The van der Waals surface area contributed by atoms with E-state index < -0.39 is 5.41 Å². The summed E-state index contributed by atoms with van der Waals surface area (Å²) in [6.45, 7) is 6.06. The van der Waals surface area contributed by atoms with E-state index >= 15 is 0 Å². The van der Waals surface area contributed by atoms with Gasteiger partial charge in [-0.1, -0.05) is 170 Å². The van der Waals surface area contributed by atoms with Crippen molar-refractivity contribution in [1.82, 2.24) is 4.57 Å². The standard InChI is InChI=1S/C54H40N2/c1-3-5-24-42(4-2)56-52-28-17-15-26-48(52)49-34-32-45(37-53(49)56)55(43-30-29-38-18-12-13-19-39(38)35-43)44-31-33-47-46-25-14-16-27-50(46)54(51(47)36-44,40-20-8-6-9-21-40)41-22-10-7-11-23-41/h3-37H,1H2,2H3/b24-5-,42-4+. The fourth-order valence-electron chi connectivity index (χ4n) is 9.18. The molecule has 0 fully saturated rings. The van der Waals surface area contributed by atoms with Gasteiger partial charge in [-0.25, -0.2) is 0 Å². The van der Waals surface area contributed by atoms with Crippen LogP contribution in [0, 0.1) is 0 Å². The minimum atomic E-state index is -0.506. The van der Waals surface area contributed by atoms with Crippen LogP contribution in [0.15, 0.2) is 219 Å². The maximum Gasteiger partial charge on any atom is 0.0714 e. The molecule has 0 spiro atoms. The first-order valence-corrected chi connectivity index (χ1v) is 19.3. The summed E-state index contributed by atoms with van der Waals surface area (Å²) in [7, 11) is 0. The van der Waals surface area contributed by atoms with E-state index in [0.717, 1.165) is 28.3 Å². The highest BCUT2D eigenvalue weighted by atomic mass is 15.1. The maximum atomic E-state index is 3.96. The van der Waals surface area contributed by atoms with Gasteiger partial charge in [-0.2, -0.15) is 0 Å². The van der Waals surface area contributed by atoms with E-state index in [1.54, 1.807) is 0 Å². The van der Waals surface area contributed by atoms with Gasteiger partial charge in [0.15, 0.2) is 0 Å². The molecule has 1 aliphatic rings. The molecule has 0 aliphatic heterocycles. The first-order chi connectivity index (χ1) is 27.7. The molecule has 0 N–H and O–H groups in total. The van der Waals surface area contributed by atoms with Crippen LogP contribution >= 0.6 is 0 Å². The van der Waals surface area contributed by atoms with Gasteiger partial charge in [0.2, 0.25) is 0 Å². The molecule has 1 aliphatic carbocycles. The van der Waals surface area contributed by atoms with Crippen molar-refractivity contribution < 1.29 is 0 Å². The highest BCUT2D eigenvalue weighted by molar-refractivity contribution is 6.11. The predicted octanol–water partition coefficient (Wildman–Crippen LogP) is 14.4. The molecule has 1 heterocycles. The second-order valence-corrected chi connectivity index (χ2v) is 14.5. The van der Waals surface area contributed by atoms with E-state index in [1.807, 2.05) is 12.2 Å². The SMILES string of the molecule is C=C/C=C\C(=C/C)n1c2ccccc2c2ccc(N(c3ccc4c(c3)C(c3ccccc3)(c3ccccc3)c3ccccc3-4)c3ccc4ccccc4c3)cc21. The summed E-state index contributed by atoms with van der Waals surface area (Å²) in [5, 5.41) is 4.86. The summed E-state index contributed by atoms with van der Waals surface area (Å²) < 4.78 is 2.38. The molecule has 1 aromatic heterocycles. The Hall–Kier alpha value is -7.16. The van der Waals surface area contributed by atoms with E-state index in [2.05, 4.69) is 223 Å². The molecule has 0 saturated heterocycles. The van der Waals surface area contributed by atoms with Gasteiger partial charge in [-0.15, -0.1) is 0 Å². The van der Waals surface area contributed by atoms with Crippen molar-refractivity contribution in [2.24, 2.45) is 0 Å².